The second kappa shape index (κ2) is 9.76. The lowest BCUT2D eigenvalue weighted by Gasteiger charge is -2.26. The van der Waals surface area contributed by atoms with Crippen molar-refractivity contribution in [3.8, 4) is 11.5 Å². The highest BCUT2D eigenvalue weighted by molar-refractivity contribution is 7.89. The molecule has 0 spiro atoms. The maximum atomic E-state index is 12.8. The number of halogens is 3. The minimum absolute atomic E-state index is 0.0469. The second-order valence-corrected chi connectivity index (χ2v) is 8.68. The second-order valence-electron chi connectivity index (χ2n) is 6.74. The fourth-order valence-corrected chi connectivity index (χ4v) is 4.41. The van der Waals surface area contributed by atoms with E-state index in [0.29, 0.717) is 0 Å². The van der Waals surface area contributed by atoms with Gasteiger partial charge < -0.3 is 19.5 Å². The van der Waals surface area contributed by atoms with Gasteiger partial charge in [-0.05, 0) is 36.4 Å². The van der Waals surface area contributed by atoms with E-state index < -0.39 is 34.3 Å². The summed E-state index contributed by atoms with van der Waals surface area (Å²) < 4.78 is 80.9. The number of amides is 1. The lowest BCUT2D eigenvalue weighted by molar-refractivity contribution is -0.137. The van der Waals surface area contributed by atoms with Crippen LogP contribution in [-0.4, -0.2) is 58.7 Å². The molecule has 32 heavy (non-hydrogen) atoms. The molecule has 1 N–H and O–H groups in total. The van der Waals surface area contributed by atoms with Gasteiger partial charge in [-0.1, -0.05) is 6.07 Å². The number of rotatable bonds is 7. The molecule has 0 aromatic heterocycles. The summed E-state index contributed by atoms with van der Waals surface area (Å²) in [6, 6.07) is 8.14. The van der Waals surface area contributed by atoms with Crippen LogP contribution in [0.25, 0.3) is 0 Å². The SMILES string of the molecule is COc1ccc(S(=O)(=O)N2CCOCC2)cc1NC(=O)COc1cccc(C(F)(F)F)c1. The molecule has 174 valence electrons. The molecule has 2 aromatic carbocycles. The molecule has 1 amide bonds. The summed E-state index contributed by atoms with van der Waals surface area (Å²) in [5.74, 6) is -0.634. The molecule has 1 fully saturated rings. The van der Waals surface area contributed by atoms with Gasteiger partial charge >= 0.3 is 6.18 Å². The van der Waals surface area contributed by atoms with Crippen LogP contribution >= 0.6 is 0 Å². The van der Waals surface area contributed by atoms with Crippen molar-refractivity contribution >= 4 is 21.6 Å². The predicted octanol–water partition coefficient (Wildman–Crippen LogP) is 2.75. The van der Waals surface area contributed by atoms with Gasteiger partial charge in [0.1, 0.15) is 11.5 Å². The first kappa shape index (κ1) is 23.8. The van der Waals surface area contributed by atoms with E-state index in [0.717, 1.165) is 12.1 Å². The summed E-state index contributed by atoms with van der Waals surface area (Å²) in [7, 11) is -2.46. The third-order valence-corrected chi connectivity index (χ3v) is 6.48. The van der Waals surface area contributed by atoms with Gasteiger partial charge in [-0.15, -0.1) is 0 Å². The van der Waals surface area contributed by atoms with E-state index in [1.807, 2.05) is 0 Å². The number of ether oxygens (including phenoxy) is 3. The molecule has 0 bridgehead atoms. The van der Waals surface area contributed by atoms with E-state index >= 15 is 0 Å². The van der Waals surface area contributed by atoms with Crippen LogP contribution in [0.3, 0.4) is 0 Å². The molecule has 0 aliphatic carbocycles. The monoisotopic (exact) mass is 474 g/mol. The van der Waals surface area contributed by atoms with Crippen molar-refractivity contribution in [1.29, 1.82) is 0 Å². The van der Waals surface area contributed by atoms with Crippen molar-refractivity contribution in [2.24, 2.45) is 0 Å². The molecule has 1 aliphatic rings. The van der Waals surface area contributed by atoms with Gasteiger partial charge in [0.15, 0.2) is 6.61 Å². The molecule has 1 heterocycles. The lowest BCUT2D eigenvalue weighted by atomic mass is 10.2. The van der Waals surface area contributed by atoms with E-state index in [4.69, 9.17) is 14.2 Å². The van der Waals surface area contributed by atoms with Gasteiger partial charge in [-0.25, -0.2) is 8.42 Å². The number of nitrogens with zero attached hydrogens (tertiary/aromatic N) is 1. The Morgan fingerprint density at radius 1 is 1.16 bits per heavy atom. The van der Waals surface area contributed by atoms with Gasteiger partial charge in [0.25, 0.3) is 5.91 Å². The zero-order chi connectivity index (χ0) is 23.4. The average molecular weight is 474 g/mol. The van der Waals surface area contributed by atoms with Crippen LogP contribution in [0.2, 0.25) is 0 Å². The summed E-state index contributed by atoms with van der Waals surface area (Å²) in [4.78, 5) is 12.3. The van der Waals surface area contributed by atoms with Crippen LogP contribution in [0.5, 0.6) is 11.5 Å². The fraction of sp³-hybridized carbons (Fsp3) is 0.350. The Hall–Kier alpha value is -2.83. The number of sulfonamides is 1. The molecule has 1 aliphatic heterocycles. The van der Waals surface area contributed by atoms with Crippen molar-refractivity contribution in [1.82, 2.24) is 4.31 Å². The van der Waals surface area contributed by atoms with Crippen LogP contribution in [0.1, 0.15) is 5.56 Å². The largest absolute Gasteiger partial charge is 0.495 e. The van der Waals surface area contributed by atoms with Crippen LogP contribution < -0.4 is 14.8 Å². The topological polar surface area (TPSA) is 94.2 Å². The van der Waals surface area contributed by atoms with Crippen molar-refractivity contribution in [2.75, 3.05) is 45.3 Å². The maximum Gasteiger partial charge on any atom is 0.416 e. The highest BCUT2D eigenvalue weighted by atomic mass is 32.2. The highest BCUT2D eigenvalue weighted by Crippen LogP contribution is 2.32. The molecule has 0 unspecified atom stereocenters. The van der Waals surface area contributed by atoms with Crippen molar-refractivity contribution < 1.29 is 40.6 Å². The van der Waals surface area contributed by atoms with E-state index in [2.05, 4.69) is 5.32 Å². The Kier molecular flexibility index (Phi) is 7.26. The molecule has 0 radical (unpaired) electrons. The van der Waals surface area contributed by atoms with Gasteiger partial charge in [0, 0.05) is 13.1 Å². The molecule has 2 aromatic rings. The number of carbonyl (C=O) groups excluding carboxylic acids is 1. The Labute approximate surface area is 182 Å². The molecule has 3 rings (SSSR count). The smallest absolute Gasteiger partial charge is 0.416 e. The zero-order valence-electron chi connectivity index (χ0n) is 17.0. The molecular formula is C20H21F3N2O6S. The summed E-state index contributed by atoms with van der Waals surface area (Å²) >= 11 is 0. The number of morpholine rings is 1. The quantitative estimate of drug-likeness (QED) is 0.663. The summed E-state index contributed by atoms with van der Waals surface area (Å²) in [6.45, 7) is 0.393. The van der Waals surface area contributed by atoms with Crippen LogP contribution in [0.4, 0.5) is 18.9 Å². The number of anilines is 1. The molecule has 0 saturated carbocycles. The molecule has 12 heteroatoms. The van der Waals surface area contributed by atoms with Crippen molar-refractivity contribution in [2.45, 2.75) is 11.1 Å². The first-order valence-electron chi connectivity index (χ1n) is 9.47. The molecular weight excluding hydrogens is 453 g/mol. The standard InChI is InChI=1S/C20H21F3N2O6S/c1-29-18-6-5-16(32(27,28)25-7-9-30-10-8-25)12-17(18)24-19(26)13-31-15-4-2-3-14(11-15)20(21,22)23/h2-6,11-12H,7-10,13H2,1H3,(H,24,26). The van der Waals surface area contributed by atoms with Crippen LogP contribution in [-0.2, 0) is 25.7 Å². The minimum atomic E-state index is -4.54. The number of methoxy groups -OCH3 is 1. The van der Waals surface area contributed by atoms with Crippen LogP contribution in [0, 0.1) is 0 Å². The van der Waals surface area contributed by atoms with Crippen LogP contribution in [0.15, 0.2) is 47.4 Å². The lowest BCUT2D eigenvalue weighted by Crippen LogP contribution is -2.40. The summed E-state index contributed by atoms with van der Waals surface area (Å²) in [5, 5.41) is 2.47. The van der Waals surface area contributed by atoms with E-state index in [-0.39, 0.29) is 48.4 Å². The van der Waals surface area contributed by atoms with Gasteiger partial charge in [0.2, 0.25) is 10.0 Å². The maximum absolute atomic E-state index is 12.8. The van der Waals surface area contributed by atoms with Gasteiger partial charge in [-0.3, -0.25) is 4.79 Å². The average Bonchev–Trinajstić information content (AvgIpc) is 2.78. The third kappa shape index (κ3) is 5.69. The zero-order valence-corrected chi connectivity index (χ0v) is 17.8. The van der Waals surface area contributed by atoms with Crippen molar-refractivity contribution in [3.05, 3.63) is 48.0 Å². The van der Waals surface area contributed by atoms with E-state index in [1.54, 1.807) is 0 Å². The summed E-state index contributed by atoms with van der Waals surface area (Å²) in [6.07, 6.45) is -4.54. The summed E-state index contributed by atoms with van der Waals surface area (Å²) in [5.41, 5.74) is -0.822. The number of benzene rings is 2. The van der Waals surface area contributed by atoms with E-state index in [9.17, 15) is 26.4 Å². The van der Waals surface area contributed by atoms with Gasteiger partial charge in [0.05, 0.1) is 36.5 Å². The Bertz CT molecular complexity index is 1070. The number of alkyl halides is 3. The Balaban J connectivity index is 1.72. The number of hydrogen-bond donors (Lipinski definition) is 1. The Morgan fingerprint density at radius 2 is 1.88 bits per heavy atom. The first-order chi connectivity index (χ1) is 15.1. The molecule has 8 nitrogen and oxygen atoms in total. The first-order valence-corrected chi connectivity index (χ1v) is 10.9. The van der Waals surface area contributed by atoms with Crippen molar-refractivity contribution in [3.63, 3.8) is 0 Å². The normalized spacial score (nSPS) is 15.2. The number of nitrogens with one attached hydrogen (secondary N) is 1. The molecule has 1 saturated heterocycles. The molecule has 0 atom stereocenters. The van der Waals surface area contributed by atoms with E-state index in [1.165, 1.54) is 41.7 Å². The number of hydrogen-bond acceptors (Lipinski definition) is 6. The fourth-order valence-electron chi connectivity index (χ4n) is 2.98. The van der Waals surface area contributed by atoms with Gasteiger partial charge in [-0.2, -0.15) is 17.5 Å². The Morgan fingerprint density at radius 3 is 2.53 bits per heavy atom. The predicted molar refractivity (Wildman–Crippen MR) is 108 cm³/mol. The highest BCUT2D eigenvalue weighted by Gasteiger charge is 2.31. The minimum Gasteiger partial charge on any atom is -0.495 e. The number of carbonyl (C=O) groups is 1. The third-order valence-electron chi connectivity index (χ3n) is 4.58.